The van der Waals surface area contributed by atoms with Gasteiger partial charge in [-0.2, -0.15) is 15.4 Å². The van der Waals surface area contributed by atoms with Gasteiger partial charge >= 0.3 is 0 Å². The van der Waals surface area contributed by atoms with Crippen molar-refractivity contribution in [3.63, 3.8) is 0 Å². The Morgan fingerprint density at radius 3 is 2.76 bits per heavy atom. The van der Waals surface area contributed by atoms with Gasteiger partial charge in [0.2, 0.25) is 5.91 Å². The van der Waals surface area contributed by atoms with Gasteiger partial charge in [0.05, 0.1) is 22.9 Å². The van der Waals surface area contributed by atoms with E-state index in [1.807, 2.05) is 0 Å². The third-order valence-electron chi connectivity index (χ3n) is 5.83. The Hall–Kier alpha value is -1.43. The molecule has 1 amide bonds. The van der Waals surface area contributed by atoms with Crippen molar-refractivity contribution in [3.8, 4) is 0 Å². The summed E-state index contributed by atoms with van der Waals surface area (Å²) in [7, 11) is 0. The second-order valence-corrected chi connectivity index (χ2v) is 6.98. The van der Waals surface area contributed by atoms with Crippen LogP contribution in [-0.4, -0.2) is 38.6 Å². The fourth-order valence-corrected chi connectivity index (χ4v) is 3.97. The summed E-state index contributed by atoms with van der Waals surface area (Å²) in [4.78, 5) is 12.5. The number of carbonyl (C=O) groups is 1. The molecule has 1 atom stereocenters. The first kappa shape index (κ1) is 13.2. The van der Waals surface area contributed by atoms with E-state index in [-0.39, 0.29) is 17.2 Å². The predicted molar refractivity (Wildman–Crippen MR) is 75.5 cm³/mol. The van der Waals surface area contributed by atoms with Crippen LogP contribution in [-0.2, 0) is 11.2 Å². The van der Waals surface area contributed by atoms with Crippen LogP contribution < -0.4 is 5.32 Å². The van der Waals surface area contributed by atoms with Crippen LogP contribution in [0.25, 0.3) is 0 Å². The Labute approximate surface area is 123 Å². The van der Waals surface area contributed by atoms with Gasteiger partial charge in [-0.15, -0.1) is 0 Å². The summed E-state index contributed by atoms with van der Waals surface area (Å²) in [6.45, 7) is 0.603. The molecule has 3 aliphatic rings. The summed E-state index contributed by atoms with van der Waals surface area (Å²) in [6.07, 6.45) is 7.67. The summed E-state index contributed by atoms with van der Waals surface area (Å²) < 4.78 is 0. The molecule has 21 heavy (non-hydrogen) atoms. The van der Waals surface area contributed by atoms with Crippen LogP contribution in [0, 0.1) is 5.41 Å². The molecule has 0 bridgehead atoms. The van der Waals surface area contributed by atoms with Crippen LogP contribution in [0.2, 0.25) is 0 Å². The molecule has 4 rings (SSSR count). The molecule has 0 radical (unpaired) electrons. The van der Waals surface area contributed by atoms with E-state index in [1.54, 1.807) is 0 Å². The Kier molecular flexibility index (Phi) is 2.86. The number of nitrogens with one attached hydrogen (secondary N) is 2. The lowest BCUT2D eigenvalue weighted by molar-refractivity contribution is -0.126. The van der Waals surface area contributed by atoms with Gasteiger partial charge in [0.15, 0.2) is 0 Å². The van der Waals surface area contributed by atoms with E-state index in [9.17, 15) is 9.90 Å². The number of aromatic amines is 1. The normalized spacial score (nSPS) is 28.3. The van der Waals surface area contributed by atoms with Crippen molar-refractivity contribution in [2.75, 3.05) is 6.54 Å². The molecule has 0 aliphatic heterocycles. The van der Waals surface area contributed by atoms with Gasteiger partial charge in [0.25, 0.3) is 0 Å². The first-order valence-electron chi connectivity index (χ1n) is 8.03. The largest absolute Gasteiger partial charge is 0.389 e. The lowest BCUT2D eigenvalue weighted by atomic mass is 9.68. The van der Waals surface area contributed by atoms with Crippen molar-refractivity contribution in [1.29, 1.82) is 0 Å². The molecule has 0 saturated heterocycles. The van der Waals surface area contributed by atoms with Crippen molar-refractivity contribution >= 4 is 5.91 Å². The smallest absolute Gasteiger partial charge is 0.229 e. The number of aliphatic hydroxyl groups is 1. The number of hydrogen-bond donors (Lipinski definition) is 3. The maximum Gasteiger partial charge on any atom is 0.229 e. The monoisotopic (exact) mass is 290 g/mol. The Morgan fingerprint density at radius 1 is 1.29 bits per heavy atom. The highest BCUT2D eigenvalue weighted by Gasteiger charge is 2.60. The van der Waals surface area contributed by atoms with Gasteiger partial charge in [0, 0.05) is 12.0 Å². The lowest BCUT2D eigenvalue weighted by Crippen LogP contribution is -2.51. The number of hydrogen-bond acceptors (Lipinski definition) is 4. The van der Waals surface area contributed by atoms with Crippen LogP contribution in [0.1, 0.15) is 62.3 Å². The minimum absolute atomic E-state index is 0.0408. The number of H-pyrrole nitrogens is 1. The Balaban J connectivity index is 1.41. The first-order valence-corrected chi connectivity index (χ1v) is 8.03. The first-order chi connectivity index (χ1) is 10.1. The third-order valence-corrected chi connectivity index (χ3v) is 5.83. The van der Waals surface area contributed by atoms with E-state index in [0.717, 1.165) is 62.8 Å². The van der Waals surface area contributed by atoms with Crippen molar-refractivity contribution in [3.05, 3.63) is 11.4 Å². The number of carbonyl (C=O) groups excluding carboxylic acids is 1. The average molecular weight is 290 g/mol. The quantitative estimate of drug-likeness (QED) is 0.772. The highest BCUT2D eigenvalue weighted by molar-refractivity contribution is 5.83. The van der Waals surface area contributed by atoms with Gasteiger partial charge in [0.1, 0.15) is 0 Å². The van der Waals surface area contributed by atoms with E-state index >= 15 is 0 Å². The highest BCUT2D eigenvalue weighted by Crippen LogP contribution is 2.60. The molecule has 1 heterocycles. The van der Waals surface area contributed by atoms with E-state index in [4.69, 9.17) is 0 Å². The second kappa shape index (κ2) is 4.53. The maximum absolute atomic E-state index is 12.5. The van der Waals surface area contributed by atoms with Crippen molar-refractivity contribution in [2.45, 2.75) is 62.9 Å². The van der Waals surface area contributed by atoms with Crippen LogP contribution in [0.5, 0.6) is 0 Å². The van der Waals surface area contributed by atoms with E-state index in [2.05, 4.69) is 20.7 Å². The number of amides is 1. The Morgan fingerprint density at radius 2 is 2.10 bits per heavy atom. The standard InChI is InChI=1S/C15H22N4O2/c20-13(10-3-1-4-11-12(10)18-19-17-11)16-9-14(7-8-14)15(21)5-2-6-15/h10,21H,1-9H2,(H,16,20)(H,17,18,19)/t10-/m1/s1. The molecular weight excluding hydrogens is 268 g/mol. The zero-order chi connectivity index (χ0) is 14.5. The van der Waals surface area contributed by atoms with Crippen molar-refractivity contribution in [2.24, 2.45) is 5.41 Å². The number of fused-ring (bicyclic) bond motifs is 1. The molecule has 1 aromatic rings. The van der Waals surface area contributed by atoms with Gasteiger partial charge in [-0.1, -0.05) is 0 Å². The topological polar surface area (TPSA) is 90.9 Å². The molecule has 3 aliphatic carbocycles. The summed E-state index contributed by atoms with van der Waals surface area (Å²) in [5, 5.41) is 24.5. The van der Waals surface area contributed by atoms with E-state index < -0.39 is 5.60 Å². The SMILES string of the molecule is O=C(NCC1(C2(O)CCC2)CC1)[C@@H]1CCCc2n[nH]nc21. The summed E-state index contributed by atoms with van der Waals surface area (Å²) in [5.41, 5.74) is 1.17. The third kappa shape index (κ3) is 1.99. The van der Waals surface area contributed by atoms with Gasteiger partial charge in [-0.3, -0.25) is 4.79 Å². The fourth-order valence-electron chi connectivity index (χ4n) is 3.97. The van der Waals surface area contributed by atoms with Crippen LogP contribution in [0.4, 0.5) is 0 Å². The average Bonchev–Trinajstić information content (AvgIpc) is 3.10. The molecule has 0 aromatic carbocycles. The molecule has 0 unspecified atom stereocenters. The maximum atomic E-state index is 12.5. The molecular formula is C15H22N4O2. The fraction of sp³-hybridized carbons (Fsp3) is 0.800. The number of rotatable bonds is 4. The Bertz CT molecular complexity index is 560. The van der Waals surface area contributed by atoms with Crippen molar-refractivity contribution in [1.82, 2.24) is 20.7 Å². The summed E-state index contributed by atoms with van der Waals surface area (Å²) in [6, 6.07) is 0. The number of nitrogens with zero attached hydrogens (tertiary/aromatic N) is 2. The highest BCUT2D eigenvalue weighted by atomic mass is 16.3. The summed E-state index contributed by atoms with van der Waals surface area (Å²) in [5.74, 6) is -0.140. The summed E-state index contributed by atoms with van der Waals surface area (Å²) >= 11 is 0. The molecule has 2 fully saturated rings. The molecule has 6 heteroatoms. The molecule has 3 N–H and O–H groups in total. The van der Waals surface area contributed by atoms with Crippen LogP contribution in [0.15, 0.2) is 0 Å². The molecule has 0 spiro atoms. The number of aromatic nitrogens is 3. The van der Waals surface area contributed by atoms with Crippen LogP contribution >= 0.6 is 0 Å². The van der Waals surface area contributed by atoms with Gasteiger partial charge in [-0.05, 0) is 51.4 Å². The van der Waals surface area contributed by atoms with Crippen molar-refractivity contribution < 1.29 is 9.90 Å². The van der Waals surface area contributed by atoms with E-state index in [0.29, 0.717) is 6.54 Å². The second-order valence-electron chi connectivity index (χ2n) is 6.98. The minimum atomic E-state index is -0.522. The van der Waals surface area contributed by atoms with E-state index in [1.165, 1.54) is 0 Å². The molecule has 1 aromatic heterocycles. The predicted octanol–water partition coefficient (Wildman–Crippen LogP) is 1.04. The zero-order valence-electron chi connectivity index (χ0n) is 12.2. The lowest BCUT2D eigenvalue weighted by Gasteiger charge is -2.44. The van der Waals surface area contributed by atoms with Crippen LogP contribution in [0.3, 0.4) is 0 Å². The van der Waals surface area contributed by atoms with Gasteiger partial charge in [-0.25, -0.2) is 0 Å². The zero-order valence-corrected chi connectivity index (χ0v) is 12.2. The van der Waals surface area contributed by atoms with Gasteiger partial charge < -0.3 is 10.4 Å². The molecule has 2 saturated carbocycles. The minimum Gasteiger partial charge on any atom is -0.389 e. The number of aryl methyl sites for hydroxylation is 1. The molecule has 6 nitrogen and oxygen atoms in total. The molecule has 114 valence electrons.